The van der Waals surface area contributed by atoms with E-state index in [1.165, 1.54) is 17.7 Å². The number of hydrogen-bond acceptors (Lipinski definition) is 2. The molecule has 0 fully saturated rings. The summed E-state index contributed by atoms with van der Waals surface area (Å²) >= 11 is 0. The molecule has 2 rings (SSSR count). The second-order valence-electron chi connectivity index (χ2n) is 6.81. The highest BCUT2D eigenvalue weighted by molar-refractivity contribution is 5.54. The molecule has 1 aromatic carbocycles. The van der Waals surface area contributed by atoms with E-state index in [0.717, 1.165) is 37.4 Å². The third-order valence-corrected chi connectivity index (χ3v) is 4.69. The maximum atomic E-state index is 3.73. The molecule has 2 nitrogen and oxygen atoms in total. The largest absolute Gasteiger partial charge is 0.385 e. The van der Waals surface area contributed by atoms with Crippen LogP contribution in [0.25, 0.3) is 0 Å². The molecule has 0 spiro atoms. The number of rotatable bonds is 6. The fraction of sp³-hybridized carbons (Fsp3) is 0.667. The van der Waals surface area contributed by atoms with E-state index in [1.54, 1.807) is 0 Å². The van der Waals surface area contributed by atoms with Gasteiger partial charge in [0.15, 0.2) is 0 Å². The van der Waals surface area contributed by atoms with Crippen LogP contribution in [0.3, 0.4) is 0 Å². The van der Waals surface area contributed by atoms with Gasteiger partial charge in [-0.2, -0.15) is 0 Å². The minimum Gasteiger partial charge on any atom is -0.385 e. The topological polar surface area (TPSA) is 24.1 Å². The first-order valence-corrected chi connectivity index (χ1v) is 8.13. The van der Waals surface area contributed by atoms with Crippen LogP contribution in [0.15, 0.2) is 24.3 Å². The highest BCUT2D eigenvalue weighted by Crippen LogP contribution is 2.30. The Morgan fingerprint density at radius 2 is 1.85 bits per heavy atom. The van der Waals surface area contributed by atoms with Crippen molar-refractivity contribution in [1.82, 2.24) is 5.32 Å². The maximum absolute atomic E-state index is 3.73. The van der Waals surface area contributed by atoms with Crippen LogP contribution in [0, 0.1) is 17.8 Å². The summed E-state index contributed by atoms with van der Waals surface area (Å²) in [4.78, 5) is 0. The Morgan fingerprint density at radius 3 is 2.55 bits per heavy atom. The number of hydrogen-bond donors (Lipinski definition) is 2. The Morgan fingerprint density at radius 1 is 1.15 bits per heavy atom. The maximum Gasteiger partial charge on any atom is 0.0376 e. The summed E-state index contributed by atoms with van der Waals surface area (Å²) in [5.41, 5.74) is 2.81. The summed E-state index contributed by atoms with van der Waals surface area (Å²) < 4.78 is 0. The summed E-state index contributed by atoms with van der Waals surface area (Å²) in [6.07, 6.45) is 1.23. The molecule has 1 aliphatic heterocycles. The van der Waals surface area contributed by atoms with Crippen molar-refractivity contribution in [3.05, 3.63) is 29.8 Å². The van der Waals surface area contributed by atoms with Gasteiger partial charge in [-0.15, -0.1) is 0 Å². The van der Waals surface area contributed by atoms with Gasteiger partial charge in [0.25, 0.3) is 0 Å². The number of nitrogens with one attached hydrogen (secondary N) is 2. The molecule has 0 bridgehead atoms. The highest BCUT2D eigenvalue weighted by atomic mass is 14.9. The van der Waals surface area contributed by atoms with Gasteiger partial charge in [-0.3, -0.25) is 0 Å². The number of para-hydroxylation sites is 1. The van der Waals surface area contributed by atoms with Crippen LogP contribution in [-0.4, -0.2) is 19.6 Å². The van der Waals surface area contributed by atoms with Crippen LogP contribution in [-0.2, 0) is 0 Å². The molecule has 1 aromatic rings. The van der Waals surface area contributed by atoms with Crippen LogP contribution in [0.5, 0.6) is 0 Å². The first kappa shape index (κ1) is 15.4. The van der Waals surface area contributed by atoms with Crippen LogP contribution in [0.4, 0.5) is 5.69 Å². The molecule has 0 aliphatic carbocycles. The third-order valence-electron chi connectivity index (χ3n) is 4.69. The van der Waals surface area contributed by atoms with Crippen molar-refractivity contribution in [2.24, 2.45) is 17.8 Å². The van der Waals surface area contributed by atoms with Gasteiger partial charge in [-0.05, 0) is 42.3 Å². The Labute approximate surface area is 124 Å². The summed E-state index contributed by atoms with van der Waals surface area (Å²) in [6, 6.07) is 8.75. The standard InChI is InChI=1S/C18H30N2/c1-13(2)17(14(3)4)12-19-11-15-9-10-20-18-8-6-5-7-16(15)18/h5-8,13-15,17,19-20H,9-12H2,1-4H3. The Kier molecular flexibility index (Phi) is 5.47. The van der Waals surface area contributed by atoms with E-state index in [1.807, 2.05) is 0 Å². The monoisotopic (exact) mass is 274 g/mol. The van der Waals surface area contributed by atoms with E-state index in [-0.39, 0.29) is 0 Å². The minimum absolute atomic E-state index is 0.660. The van der Waals surface area contributed by atoms with Gasteiger partial charge in [-0.25, -0.2) is 0 Å². The molecular formula is C18H30N2. The van der Waals surface area contributed by atoms with Crippen molar-refractivity contribution in [1.29, 1.82) is 0 Å². The van der Waals surface area contributed by atoms with Gasteiger partial charge >= 0.3 is 0 Å². The lowest BCUT2D eigenvalue weighted by atomic mass is 9.85. The Balaban J connectivity index is 1.89. The lowest BCUT2D eigenvalue weighted by molar-refractivity contribution is 0.273. The fourth-order valence-corrected chi connectivity index (χ4v) is 3.43. The molecule has 1 unspecified atom stereocenters. The van der Waals surface area contributed by atoms with Crippen LogP contribution >= 0.6 is 0 Å². The summed E-state index contributed by atoms with van der Waals surface area (Å²) in [5, 5.41) is 7.23. The van der Waals surface area contributed by atoms with E-state index in [2.05, 4.69) is 62.6 Å². The van der Waals surface area contributed by atoms with Crippen molar-refractivity contribution in [3.63, 3.8) is 0 Å². The van der Waals surface area contributed by atoms with Gasteiger partial charge in [0, 0.05) is 24.7 Å². The second-order valence-corrected chi connectivity index (χ2v) is 6.81. The van der Waals surface area contributed by atoms with Crippen molar-refractivity contribution in [3.8, 4) is 0 Å². The summed E-state index contributed by atoms with van der Waals surface area (Å²) in [7, 11) is 0. The zero-order chi connectivity index (χ0) is 14.5. The SMILES string of the molecule is CC(C)C(CNCC1CCNc2ccccc21)C(C)C. The minimum atomic E-state index is 0.660. The first-order chi connectivity index (χ1) is 9.59. The zero-order valence-electron chi connectivity index (χ0n) is 13.4. The van der Waals surface area contributed by atoms with Gasteiger partial charge in [0.1, 0.15) is 0 Å². The van der Waals surface area contributed by atoms with Gasteiger partial charge < -0.3 is 10.6 Å². The molecule has 1 heterocycles. The molecule has 1 aliphatic rings. The highest BCUT2D eigenvalue weighted by Gasteiger charge is 2.21. The smallest absolute Gasteiger partial charge is 0.0376 e. The van der Waals surface area contributed by atoms with E-state index in [4.69, 9.17) is 0 Å². The number of benzene rings is 1. The molecule has 20 heavy (non-hydrogen) atoms. The predicted molar refractivity (Wildman–Crippen MR) is 88.3 cm³/mol. The fourth-order valence-electron chi connectivity index (χ4n) is 3.43. The molecule has 112 valence electrons. The second kappa shape index (κ2) is 7.12. The Bertz CT molecular complexity index is 404. The van der Waals surface area contributed by atoms with Crippen molar-refractivity contribution in [2.75, 3.05) is 25.0 Å². The van der Waals surface area contributed by atoms with Gasteiger partial charge in [-0.1, -0.05) is 45.9 Å². The van der Waals surface area contributed by atoms with Crippen LogP contribution < -0.4 is 10.6 Å². The molecule has 1 atom stereocenters. The van der Waals surface area contributed by atoms with Crippen molar-refractivity contribution < 1.29 is 0 Å². The van der Waals surface area contributed by atoms with Crippen LogP contribution in [0.1, 0.15) is 45.6 Å². The zero-order valence-corrected chi connectivity index (χ0v) is 13.4. The lowest BCUT2D eigenvalue weighted by Gasteiger charge is -2.29. The number of fused-ring (bicyclic) bond motifs is 1. The number of anilines is 1. The summed E-state index contributed by atoms with van der Waals surface area (Å²) in [6.45, 7) is 12.7. The van der Waals surface area contributed by atoms with E-state index in [9.17, 15) is 0 Å². The molecule has 2 N–H and O–H groups in total. The summed E-state index contributed by atoms with van der Waals surface area (Å²) in [5.74, 6) is 2.94. The van der Waals surface area contributed by atoms with Crippen molar-refractivity contribution >= 4 is 5.69 Å². The van der Waals surface area contributed by atoms with E-state index >= 15 is 0 Å². The molecule has 0 aromatic heterocycles. The molecular weight excluding hydrogens is 244 g/mol. The molecule has 2 heteroatoms. The van der Waals surface area contributed by atoms with Crippen LogP contribution in [0.2, 0.25) is 0 Å². The average molecular weight is 274 g/mol. The average Bonchev–Trinajstić information content (AvgIpc) is 2.42. The van der Waals surface area contributed by atoms with Crippen molar-refractivity contribution in [2.45, 2.75) is 40.0 Å². The quantitative estimate of drug-likeness (QED) is 0.816. The first-order valence-electron chi connectivity index (χ1n) is 8.13. The molecule has 0 amide bonds. The lowest BCUT2D eigenvalue weighted by Crippen LogP contribution is -2.33. The molecule has 0 saturated carbocycles. The van der Waals surface area contributed by atoms with E-state index in [0.29, 0.717) is 5.92 Å². The molecule has 0 radical (unpaired) electrons. The molecule has 0 saturated heterocycles. The normalized spacial score (nSPS) is 18.4. The van der Waals surface area contributed by atoms with E-state index < -0.39 is 0 Å². The third kappa shape index (κ3) is 3.76. The van der Waals surface area contributed by atoms with Gasteiger partial charge in [0.05, 0.1) is 0 Å². The van der Waals surface area contributed by atoms with Gasteiger partial charge in [0.2, 0.25) is 0 Å². The predicted octanol–water partition coefficient (Wildman–Crippen LogP) is 4.10. The Hall–Kier alpha value is -1.02.